The fourth-order valence-electron chi connectivity index (χ4n) is 0. The zero-order valence-electron chi connectivity index (χ0n) is 4.02. The van der Waals surface area contributed by atoms with Crippen LogP contribution in [0.25, 0.3) is 0 Å². The molecule has 0 fully saturated rings. The van der Waals surface area contributed by atoms with Gasteiger partial charge in [-0.15, -0.1) is 0 Å². The Bertz CT molecular complexity index is 46.8. The van der Waals surface area contributed by atoms with Crippen LogP contribution in [-0.2, 0) is 4.46 Å². The molecule has 0 rings (SSSR count). The van der Waals surface area contributed by atoms with Crippen LogP contribution >= 0.6 is 0 Å². The summed E-state index contributed by atoms with van der Waals surface area (Å²) in [5.74, 6) is 0. The van der Waals surface area contributed by atoms with Crippen molar-refractivity contribution in [1.82, 2.24) is 0 Å². The average molecular weight is 128 g/mol. The molecule has 0 aromatic rings. The topological polar surface area (TPSA) is 40.1 Å². The van der Waals surface area contributed by atoms with E-state index in [1.54, 1.807) is 6.92 Å². The van der Waals surface area contributed by atoms with E-state index >= 15 is 0 Å². The fraction of sp³-hybridized carbons (Fsp3) is 1.00. The summed E-state index contributed by atoms with van der Waals surface area (Å²) in [6.45, 7) is 1.62. The van der Waals surface area contributed by atoms with Crippen molar-refractivity contribution in [1.29, 1.82) is 0 Å². The largest absolute Gasteiger partial charge is 1.00 e. The monoisotopic (exact) mass is 128 g/mol. The Balaban J connectivity index is 0. The van der Waals surface area contributed by atoms with Crippen molar-refractivity contribution in [3.05, 3.63) is 0 Å². The molecule has 0 unspecified atom stereocenters. The Morgan fingerprint density at radius 1 is 1.83 bits per heavy atom. The summed E-state index contributed by atoms with van der Waals surface area (Å²) in [5.41, 5.74) is 0. The molecule has 0 aliphatic heterocycles. The van der Waals surface area contributed by atoms with Crippen LogP contribution in [0.3, 0.4) is 0 Å². The second kappa shape index (κ2) is 6.45. The van der Waals surface area contributed by atoms with Crippen LogP contribution in [0.4, 0.5) is 0 Å². The summed E-state index contributed by atoms with van der Waals surface area (Å²) >= 11 is 0. The molecule has 0 saturated heterocycles. The van der Waals surface area contributed by atoms with Gasteiger partial charge in [0.05, 0.1) is 0 Å². The van der Waals surface area contributed by atoms with Gasteiger partial charge in [-0.1, -0.05) is 6.92 Å². The van der Waals surface area contributed by atoms with Gasteiger partial charge in [0.25, 0.3) is 0 Å². The minimum atomic E-state index is -2.37. The Hall–Kier alpha value is 1.45. The van der Waals surface area contributed by atoms with Crippen LogP contribution in [0, 0.1) is 0 Å². The Morgan fingerprint density at radius 3 is 2.00 bits per heavy atom. The average Bonchev–Trinajstić information content (AvgIpc) is 1.38. The predicted octanol–water partition coefficient (Wildman–Crippen LogP) is -3.71. The van der Waals surface area contributed by atoms with Crippen LogP contribution in [0.15, 0.2) is 0 Å². The van der Waals surface area contributed by atoms with E-state index in [4.69, 9.17) is 0 Å². The van der Waals surface area contributed by atoms with Crippen molar-refractivity contribution in [3.8, 4) is 0 Å². The second-order valence-corrected chi connectivity index (χ2v) is 2.18. The van der Waals surface area contributed by atoms with Gasteiger partial charge in [-0.05, 0) is 6.04 Å². The zero-order valence-corrected chi connectivity index (χ0v) is 8.15. The summed E-state index contributed by atoms with van der Waals surface area (Å²) in [5, 5.41) is 0. The number of rotatable bonds is 1. The number of hydrogen-bond donors (Lipinski definition) is 0. The quantitative estimate of drug-likeness (QED) is 0.341. The number of hydrogen-bond acceptors (Lipinski definition) is 2. The Kier molecular flexibility index (Phi) is 11.2. The van der Waals surface area contributed by atoms with Gasteiger partial charge in [-0.3, -0.25) is 0 Å². The first-order valence-electron chi connectivity index (χ1n) is 1.47. The molecule has 30 valence electrons. The molecular formula is C2H5KO2Si. The van der Waals surface area contributed by atoms with E-state index in [1.165, 1.54) is 0 Å². The van der Waals surface area contributed by atoms with Crippen molar-refractivity contribution < 1.29 is 60.6 Å². The maximum atomic E-state index is 9.44. The smallest absolute Gasteiger partial charge is 0.587 e. The van der Waals surface area contributed by atoms with E-state index in [-0.39, 0.29) is 51.4 Å². The van der Waals surface area contributed by atoms with E-state index < -0.39 is 8.93 Å². The van der Waals surface area contributed by atoms with Crippen LogP contribution in [0.1, 0.15) is 6.92 Å². The molecule has 0 aromatic carbocycles. The van der Waals surface area contributed by atoms with Gasteiger partial charge in [0, 0.05) is 0 Å². The normalized spacial score (nSPS) is 6.17. The zero-order chi connectivity index (χ0) is 4.28. The summed E-state index contributed by atoms with van der Waals surface area (Å²) in [6, 6.07) is 0.296. The van der Waals surface area contributed by atoms with E-state index in [9.17, 15) is 9.26 Å². The van der Waals surface area contributed by atoms with Crippen LogP contribution < -0.4 is 56.2 Å². The van der Waals surface area contributed by atoms with Gasteiger partial charge < -0.3 is 9.26 Å². The van der Waals surface area contributed by atoms with Gasteiger partial charge in [0.2, 0.25) is 0 Å². The minimum absolute atomic E-state index is 0. The molecule has 4 heteroatoms. The second-order valence-electron chi connectivity index (χ2n) is 0.726. The first kappa shape index (κ1) is 10.4. The van der Waals surface area contributed by atoms with Gasteiger partial charge in [0.15, 0.2) is 0 Å². The molecule has 0 radical (unpaired) electrons. The molecule has 0 amide bonds. The van der Waals surface area contributed by atoms with Crippen LogP contribution in [0.2, 0.25) is 6.04 Å². The van der Waals surface area contributed by atoms with Gasteiger partial charge in [-0.2, -0.15) is 0 Å². The SMILES string of the molecule is CC[Si](=O)[O-].[K+]. The molecule has 0 bridgehead atoms. The third-order valence-corrected chi connectivity index (χ3v) is 0.866. The van der Waals surface area contributed by atoms with Crippen LogP contribution in [-0.4, -0.2) is 8.93 Å². The van der Waals surface area contributed by atoms with E-state index in [1.807, 2.05) is 0 Å². The van der Waals surface area contributed by atoms with Crippen molar-refractivity contribution in [2.75, 3.05) is 0 Å². The summed E-state index contributed by atoms with van der Waals surface area (Å²) in [4.78, 5) is 9.44. The minimum Gasteiger partial charge on any atom is -0.587 e. The van der Waals surface area contributed by atoms with Gasteiger partial charge in [0.1, 0.15) is 8.93 Å². The van der Waals surface area contributed by atoms with E-state index in [0.717, 1.165) is 0 Å². The summed E-state index contributed by atoms with van der Waals surface area (Å²) < 4.78 is 9.44. The summed E-state index contributed by atoms with van der Waals surface area (Å²) in [7, 11) is -2.37. The van der Waals surface area contributed by atoms with E-state index in [2.05, 4.69) is 0 Å². The van der Waals surface area contributed by atoms with E-state index in [0.29, 0.717) is 6.04 Å². The fourth-order valence-corrected chi connectivity index (χ4v) is 0. The molecule has 0 heterocycles. The predicted molar refractivity (Wildman–Crippen MR) is 16.9 cm³/mol. The van der Waals surface area contributed by atoms with Crippen molar-refractivity contribution in [2.24, 2.45) is 0 Å². The third kappa shape index (κ3) is 9.07. The molecule has 0 aliphatic rings. The van der Waals surface area contributed by atoms with Crippen LogP contribution in [0.5, 0.6) is 0 Å². The van der Waals surface area contributed by atoms with Crippen molar-refractivity contribution >= 4 is 8.93 Å². The molecular weight excluding hydrogens is 123 g/mol. The molecule has 6 heavy (non-hydrogen) atoms. The third-order valence-electron chi connectivity index (χ3n) is 0.289. The van der Waals surface area contributed by atoms with Gasteiger partial charge in [-0.25, -0.2) is 0 Å². The standard InChI is InChI=1S/C2H5O2Si.K/c1-2-5(3)4;/h2H2,1H3;/q-1;+1. The first-order valence-corrected chi connectivity index (χ1v) is 2.99. The Labute approximate surface area is 81.1 Å². The molecule has 0 N–H and O–H groups in total. The summed E-state index contributed by atoms with van der Waals surface area (Å²) in [6.07, 6.45) is 0. The maximum absolute atomic E-state index is 9.44. The molecule has 0 aromatic heterocycles. The first-order chi connectivity index (χ1) is 2.27. The Morgan fingerprint density at radius 2 is 2.00 bits per heavy atom. The molecule has 0 spiro atoms. The molecule has 0 aliphatic carbocycles. The molecule has 0 atom stereocenters. The molecule has 0 saturated carbocycles. The van der Waals surface area contributed by atoms with Crippen molar-refractivity contribution in [2.45, 2.75) is 13.0 Å². The molecule has 2 nitrogen and oxygen atoms in total. The maximum Gasteiger partial charge on any atom is 1.00 e. The van der Waals surface area contributed by atoms with Crippen molar-refractivity contribution in [3.63, 3.8) is 0 Å². The van der Waals surface area contributed by atoms with Gasteiger partial charge >= 0.3 is 51.4 Å².